The third-order valence-corrected chi connectivity index (χ3v) is 6.27. The molecule has 2 aliphatic rings. The maximum absolute atomic E-state index is 13.4. The number of nitrogens with zero attached hydrogens (tertiary/aromatic N) is 2. The number of H-pyrrole nitrogens is 1. The van der Waals surface area contributed by atoms with Crippen LogP contribution in [0, 0.1) is 11.7 Å². The number of carbonyl (C=O) groups is 1. The minimum absolute atomic E-state index is 0. The molecule has 170 valence electrons. The standard InChI is InChI=1S/C23H32FN5O.HI/c1-2-25-23(26-11-9-17-14-27-21-13-18(24)7-8-20(17)21)28-19-10-12-29(15-19)22(30)16-5-3-4-6-16;/h7-8,13-14,16,19,27H,2-6,9-12,15H2,1H3,(H2,25,26,28);1H. The van der Waals surface area contributed by atoms with E-state index >= 15 is 0 Å². The zero-order valence-electron chi connectivity index (χ0n) is 18.1. The van der Waals surface area contributed by atoms with Crippen LogP contribution in [0.2, 0.25) is 0 Å². The lowest BCUT2D eigenvalue weighted by atomic mass is 10.1. The van der Waals surface area contributed by atoms with E-state index < -0.39 is 0 Å². The van der Waals surface area contributed by atoms with Gasteiger partial charge in [0, 0.05) is 55.2 Å². The van der Waals surface area contributed by atoms with Crippen molar-refractivity contribution in [1.29, 1.82) is 0 Å². The molecule has 1 amide bonds. The lowest BCUT2D eigenvalue weighted by Crippen LogP contribution is -2.45. The minimum Gasteiger partial charge on any atom is -0.361 e. The average molecular weight is 541 g/mol. The fraction of sp³-hybridized carbons (Fsp3) is 0.565. The lowest BCUT2D eigenvalue weighted by molar-refractivity contribution is -0.134. The van der Waals surface area contributed by atoms with Crippen molar-refractivity contribution in [2.45, 2.75) is 51.5 Å². The molecule has 8 heteroatoms. The van der Waals surface area contributed by atoms with Gasteiger partial charge in [-0.3, -0.25) is 9.79 Å². The number of aromatic nitrogens is 1. The predicted octanol–water partition coefficient (Wildman–Crippen LogP) is 3.81. The van der Waals surface area contributed by atoms with Crippen LogP contribution < -0.4 is 10.6 Å². The molecule has 0 spiro atoms. The first-order valence-electron chi connectivity index (χ1n) is 11.2. The van der Waals surface area contributed by atoms with Crippen molar-refractivity contribution in [3.05, 3.63) is 35.8 Å². The molecule has 1 aromatic heterocycles. The Morgan fingerprint density at radius 2 is 2.10 bits per heavy atom. The fourth-order valence-electron chi connectivity index (χ4n) is 4.68. The number of nitrogens with one attached hydrogen (secondary N) is 3. The van der Waals surface area contributed by atoms with Gasteiger partial charge >= 0.3 is 0 Å². The molecule has 1 aliphatic heterocycles. The number of fused-ring (bicyclic) bond motifs is 1. The van der Waals surface area contributed by atoms with Gasteiger partial charge in [0.15, 0.2) is 5.96 Å². The third kappa shape index (κ3) is 5.90. The Morgan fingerprint density at radius 3 is 2.87 bits per heavy atom. The first kappa shape index (κ1) is 23.8. The summed E-state index contributed by atoms with van der Waals surface area (Å²) in [5.74, 6) is 1.15. The maximum atomic E-state index is 13.4. The normalized spacial score (nSPS) is 19.6. The van der Waals surface area contributed by atoms with Crippen LogP contribution in [-0.4, -0.2) is 54.0 Å². The van der Waals surface area contributed by atoms with E-state index in [2.05, 4.69) is 22.5 Å². The lowest BCUT2D eigenvalue weighted by Gasteiger charge is -2.21. The van der Waals surface area contributed by atoms with E-state index in [-0.39, 0.29) is 41.8 Å². The number of hydrogen-bond donors (Lipinski definition) is 3. The molecule has 1 saturated carbocycles. The van der Waals surface area contributed by atoms with Crippen molar-refractivity contribution in [2.24, 2.45) is 10.9 Å². The monoisotopic (exact) mass is 541 g/mol. The summed E-state index contributed by atoms with van der Waals surface area (Å²) in [5.41, 5.74) is 1.95. The zero-order valence-corrected chi connectivity index (χ0v) is 20.5. The van der Waals surface area contributed by atoms with Crippen molar-refractivity contribution in [3.63, 3.8) is 0 Å². The quantitative estimate of drug-likeness (QED) is 0.296. The molecule has 0 radical (unpaired) electrons. The van der Waals surface area contributed by atoms with Gasteiger partial charge in [-0.05, 0) is 56.4 Å². The van der Waals surface area contributed by atoms with Crippen molar-refractivity contribution >= 4 is 46.7 Å². The third-order valence-electron chi connectivity index (χ3n) is 6.27. The topological polar surface area (TPSA) is 72.5 Å². The van der Waals surface area contributed by atoms with E-state index in [1.165, 1.54) is 25.0 Å². The highest BCUT2D eigenvalue weighted by atomic mass is 127. The van der Waals surface area contributed by atoms with Gasteiger partial charge in [0.05, 0.1) is 0 Å². The second-order valence-electron chi connectivity index (χ2n) is 8.41. The Labute approximate surface area is 200 Å². The number of aromatic amines is 1. The summed E-state index contributed by atoms with van der Waals surface area (Å²) in [6.07, 6.45) is 8.15. The Morgan fingerprint density at radius 1 is 1.29 bits per heavy atom. The number of rotatable bonds is 6. The molecule has 2 fully saturated rings. The zero-order chi connectivity index (χ0) is 20.9. The summed E-state index contributed by atoms with van der Waals surface area (Å²) in [5, 5.41) is 7.86. The molecule has 1 aromatic carbocycles. The first-order chi connectivity index (χ1) is 14.6. The molecule has 1 unspecified atom stereocenters. The maximum Gasteiger partial charge on any atom is 0.225 e. The summed E-state index contributed by atoms with van der Waals surface area (Å²) in [4.78, 5) is 22.6. The number of hydrogen-bond acceptors (Lipinski definition) is 2. The molecule has 1 atom stereocenters. The molecule has 1 aliphatic carbocycles. The van der Waals surface area contributed by atoms with Gasteiger partial charge < -0.3 is 20.5 Å². The van der Waals surface area contributed by atoms with Crippen LogP contribution in [0.5, 0.6) is 0 Å². The van der Waals surface area contributed by atoms with Crippen LogP contribution in [0.1, 0.15) is 44.6 Å². The summed E-state index contributed by atoms with van der Waals surface area (Å²) >= 11 is 0. The molecular formula is C23H33FIN5O. The molecule has 2 aromatic rings. The molecule has 6 nitrogen and oxygen atoms in total. The van der Waals surface area contributed by atoms with Crippen molar-refractivity contribution in [3.8, 4) is 0 Å². The molecular weight excluding hydrogens is 508 g/mol. The van der Waals surface area contributed by atoms with E-state index in [4.69, 9.17) is 4.99 Å². The van der Waals surface area contributed by atoms with Gasteiger partial charge in [-0.2, -0.15) is 0 Å². The number of guanidine groups is 1. The summed E-state index contributed by atoms with van der Waals surface area (Å²) in [6, 6.07) is 5.07. The highest BCUT2D eigenvalue weighted by Crippen LogP contribution is 2.27. The number of carbonyl (C=O) groups excluding carboxylic acids is 1. The molecule has 1 saturated heterocycles. The van der Waals surface area contributed by atoms with Gasteiger partial charge in [-0.1, -0.05) is 12.8 Å². The number of aliphatic imine (C=N–C) groups is 1. The smallest absolute Gasteiger partial charge is 0.225 e. The van der Waals surface area contributed by atoms with E-state index in [1.807, 2.05) is 17.2 Å². The average Bonchev–Trinajstić information content (AvgIpc) is 3.49. The molecule has 31 heavy (non-hydrogen) atoms. The number of amides is 1. The van der Waals surface area contributed by atoms with Gasteiger partial charge in [-0.25, -0.2) is 4.39 Å². The van der Waals surface area contributed by atoms with Gasteiger partial charge in [0.25, 0.3) is 0 Å². The van der Waals surface area contributed by atoms with Crippen molar-refractivity contribution in [2.75, 3.05) is 26.2 Å². The molecule has 0 bridgehead atoms. The van der Waals surface area contributed by atoms with Gasteiger partial charge in [0.1, 0.15) is 5.82 Å². The highest BCUT2D eigenvalue weighted by Gasteiger charge is 2.32. The van der Waals surface area contributed by atoms with Crippen LogP contribution >= 0.6 is 24.0 Å². The number of likely N-dealkylation sites (tertiary alicyclic amines) is 1. The molecule has 2 heterocycles. The fourth-order valence-corrected chi connectivity index (χ4v) is 4.68. The van der Waals surface area contributed by atoms with E-state index in [1.54, 1.807) is 0 Å². The Kier molecular flexibility index (Phi) is 8.57. The highest BCUT2D eigenvalue weighted by molar-refractivity contribution is 14.0. The Bertz CT molecular complexity index is 909. The van der Waals surface area contributed by atoms with E-state index in [9.17, 15) is 9.18 Å². The van der Waals surface area contributed by atoms with Crippen LogP contribution in [0.15, 0.2) is 29.4 Å². The summed E-state index contributed by atoms with van der Waals surface area (Å²) < 4.78 is 13.4. The van der Waals surface area contributed by atoms with E-state index in [0.717, 1.165) is 67.7 Å². The second kappa shape index (κ2) is 11.2. The SMILES string of the molecule is CCNC(=NCCc1c[nH]c2cc(F)ccc12)NC1CCN(C(=O)C2CCCC2)C1.I. The van der Waals surface area contributed by atoms with Gasteiger partial charge in [0.2, 0.25) is 5.91 Å². The minimum atomic E-state index is -0.232. The first-order valence-corrected chi connectivity index (χ1v) is 11.2. The Hall–Kier alpha value is -1.84. The van der Waals surface area contributed by atoms with Crippen LogP contribution in [0.25, 0.3) is 10.9 Å². The van der Waals surface area contributed by atoms with Crippen LogP contribution in [0.4, 0.5) is 4.39 Å². The Balaban J connectivity index is 0.00000272. The van der Waals surface area contributed by atoms with Gasteiger partial charge in [-0.15, -0.1) is 24.0 Å². The molecule has 4 rings (SSSR count). The largest absolute Gasteiger partial charge is 0.361 e. The summed E-state index contributed by atoms with van der Waals surface area (Å²) in [7, 11) is 0. The predicted molar refractivity (Wildman–Crippen MR) is 133 cm³/mol. The van der Waals surface area contributed by atoms with Crippen LogP contribution in [0.3, 0.4) is 0 Å². The number of benzene rings is 1. The van der Waals surface area contributed by atoms with Crippen molar-refractivity contribution < 1.29 is 9.18 Å². The van der Waals surface area contributed by atoms with Crippen molar-refractivity contribution in [1.82, 2.24) is 20.5 Å². The molecule has 3 N–H and O–H groups in total. The summed E-state index contributed by atoms with van der Waals surface area (Å²) in [6.45, 7) is 5.06. The second-order valence-corrected chi connectivity index (χ2v) is 8.41. The number of halogens is 2. The van der Waals surface area contributed by atoms with E-state index in [0.29, 0.717) is 12.5 Å². The van der Waals surface area contributed by atoms with Crippen LogP contribution in [-0.2, 0) is 11.2 Å².